The Labute approximate surface area is 72.8 Å². The van der Waals surface area contributed by atoms with Gasteiger partial charge in [0.2, 0.25) is 11.5 Å². The Bertz CT molecular complexity index is 239. The van der Waals surface area contributed by atoms with Crippen molar-refractivity contribution < 1.29 is 35.4 Å². The largest absolute Gasteiger partial charge is 0.504 e. The van der Waals surface area contributed by atoms with Crippen molar-refractivity contribution in [1.82, 2.24) is 0 Å². The minimum Gasteiger partial charge on any atom is -0.504 e. The first kappa shape index (κ1) is 11.7. The topological polar surface area (TPSA) is 138 Å². The molecule has 6 N–H and O–H groups in total. The van der Waals surface area contributed by atoms with E-state index in [0.717, 1.165) is 6.92 Å². The second kappa shape index (κ2) is 3.60. The molecule has 0 aromatic carbocycles. The number of carboxylic acids is 1. The van der Waals surface area contributed by atoms with Crippen LogP contribution >= 0.6 is 0 Å². The molecule has 1 atom stereocenters. The molecule has 0 saturated heterocycles. The summed E-state index contributed by atoms with van der Waals surface area (Å²) in [4.78, 5) is 10.0. The van der Waals surface area contributed by atoms with Crippen LogP contribution in [0.25, 0.3) is 0 Å². The monoisotopic (exact) mass is 194 g/mol. The summed E-state index contributed by atoms with van der Waals surface area (Å²) in [6.45, 7) is 0.894. The molecular weight excluding hydrogens is 184 g/mol. The van der Waals surface area contributed by atoms with Gasteiger partial charge in [0.15, 0.2) is 0 Å². The fraction of sp³-hybridized carbons (Fsp3) is 0.500. The van der Waals surface area contributed by atoms with Crippen molar-refractivity contribution >= 4 is 5.97 Å². The zero-order chi connectivity index (χ0) is 10.8. The van der Waals surface area contributed by atoms with Gasteiger partial charge in [-0.25, -0.2) is 4.79 Å². The summed E-state index contributed by atoms with van der Waals surface area (Å²) >= 11 is 0. The van der Waals surface area contributed by atoms with Gasteiger partial charge < -0.3 is 30.6 Å². The van der Waals surface area contributed by atoms with E-state index in [1.165, 1.54) is 0 Å². The first-order valence-corrected chi connectivity index (χ1v) is 3.20. The van der Waals surface area contributed by atoms with E-state index in [0.29, 0.717) is 0 Å². The standard InChI is InChI=1S/C6H10O7/c1-2(7)6(12,13)4(9)3(8)5(10)11/h2,7-9,12-13H,1H3,(H,10,11). The van der Waals surface area contributed by atoms with Crippen molar-refractivity contribution in [2.24, 2.45) is 0 Å². The van der Waals surface area contributed by atoms with Crippen LogP contribution in [0.5, 0.6) is 0 Å². The van der Waals surface area contributed by atoms with Crippen LogP contribution < -0.4 is 0 Å². The van der Waals surface area contributed by atoms with Gasteiger partial charge in [0.05, 0.1) is 0 Å². The Morgan fingerprint density at radius 1 is 1.23 bits per heavy atom. The van der Waals surface area contributed by atoms with Crippen LogP contribution in [0.1, 0.15) is 6.92 Å². The molecule has 0 aliphatic carbocycles. The second-order valence-electron chi connectivity index (χ2n) is 2.40. The van der Waals surface area contributed by atoms with E-state index in [1.807, 2.05) is 0 Å². The minimum atomic E-state index is -3.18. The molecular formula is C6H10O7. The van der Waals surface area contributed by atoms with E-state index < -0.39 is 29.4 Å². The van der Waals surface area contributed by atoms with Gasteiger partial charge in [-0.2, -0.15) is 0 Å². The molecule has 0 rings (SSSR count). The van der Waals surface area contributed by atoms with Crippen LogP contribution in [0.3, 0.4) is 0 Å². The fourth-order valence-corrected chi connectivity index (χ4v) is 0.473. The van der Waals surface area contributed by atoms with E-state index in [9.17, 15) is 4.79 Å². The van der Waals surface area contributed by atoms with Gasteiger partial charge in [0.25, 0.3) is 5.79 Å². The summed E-state index contributed by atoms with van der Waals surface area (Å²) in [6.07, 6.45) is -1.85. The highest BCUT2D eigenvalue weighted by Gasteiger charge is 2.39. The quantitative estimate of drug-likeness (QED) is 0.182. The summed E-state index contributed by atoms with van der Waals surface area (Å²) in [5.74, 6) is -8.37. The molecule has 13 heavy (non-hydrogen) atoms. The molecule has 7 nitrogen and oxygen atoms in total. The summed E-state index contributed by atoms with van der Waals surface area (Å²) in [7, 11) is 0. The molecule has 0 spiro atoms. The summed E-state index contributed by atoms with van der Waals surface area (Å²) in [5, 5.41) is 51.9. The van der Waals surface area contributed by atoms with Gasteiger partial charge in [-0.05, 0) is 6.92 Å². The van der Waals surface area contributed by atoms with Gasteiger partial charge >= 0.3 is 5.97 Å². The second-order valence-corrected chi connectivity index (χ2v) is 2.40. The number of aliphatic hydroxyl groups is 5. The van der Waals surface area contributed by atoms with Gasteiger partial charge in [0, 0.05) is 0 Å². The summed E-state index contributed by atoms with van der Waals surface area (Å²) in [6, 6.07) is 0. The third-order valence-electron chi connectivity index (χ3n) is 1.36. The number of hydrogen-bond donors (Lipinski definition) is 6. The molecule has 76 valence electrons. The summed E-state index contributed by atoms with van der Waals surface area (Å²) in [5.41, 5.74) is 0. The van der Waals surface area contributed by atoms with Crippen LogP contribution in [-0.4, -0.2) is 48.5 Å². The highest BCUT2D eigenvalue weighted by Crippen LogP contribution is 2.17. The molecule has 7 heteroatoms. The molecule has 0 radical (unpaired) electrons. The van der Waals surface area contributed by atoms with Crippen molar-refractivity contribution in [3.63, 3.8) is 0 Å². The number of carbonyl (C=O) groups is 1. The van der Waals surface area contributed by atoms with Crippen LogP contribution in [0.4, 0.5) is 0 Å². The van der Waals surface area contributed by atoms with Crippen molar-refractivity contribution in [2.45, 2.75) is 18.8 Å². The maximum absolute atomic E-state index is 10.0. The SMILES string of the molecule is CC(O)C(O)(O)C(O)=C(O)C(=O)O. The summed E-state index contributed by atoms with van der Waals surface area (Å²) < 4.78 is 0. The zero-order valence-corrected chi connectivity index (χ0v) is 6.67. The Hall–Kier alpha value is -1.31. The molecule has 0 saturated carbocycles. The lowest BCUT2D eigenvalue weighted by Crippen LogP contribution is -2.43. The Kier molecular flexibility index (Phi) is 3.24. The fourth-order valence-electron chi connectivity index (χ4n) is 0.473. The maximum atomic E-state index is 10.0. The minimum absolute atomic E-state index is 0.894. The van der Waals surface area contributed by atoms with E-state index in [4.69, 9.17) is 30.6 Å². The molecule has 0 heterocycles. The van der Waals surface area contributed by atoms with E-state index in [1.54, 1.807) is 0 Å². The normalized spacial score (nSPS) is 16.3. The number of aliphatic hydroxyl groups excluding tert-OH is 3. The van der Waals surface area contributed by atoms with E-state index in [-0.39, 0.29) is 0 Å². The molecule has 0 aliphatic heterocycles. The van der Waals surface area contributed by atoms with Gasteiger partial charge in [0.1, 0.15) is 6.10 Å². The highest BCUT2D eigenvalue weighted by atomic mass is 16.5. The Balaban J connectivity index is 5.08. The molecule has 0 aromatic heterocycles. The number of carboxylic acid groups (broad SMARTS) is 1. The molecule has 0 fully saturated rings. The predicted octanol–water partition coefficient (Wildman–Crippen LogP) is -1.54. The molecule has 0 bridgehead atoms. The van der Waals surface area contributed by atoms with E-state index >= 15 is 0 Å². The smallest absolute Gasteiger partial charge is 0.374 e. The third-order valence-corrected chi connectivity index (χ3v) is 1.36. The van der Waals surface area contributed by atoms with Crippen LogP contribution in [0.2, 0.25) is 0 Å². The number of rotatable bonds is 3. The van der Waals surface area contributed by atoms with E-state index in [2.05, 4.69) is 0 Å². The number of aliphatic carboxylic acids is 1. The molecule has 1 unspecified atom stereocenters. The van der Waals surface area contributed by atoms with Crippen molar-refractivity contribution in [3.8, 4) is 0 Å². The first-order chi connectivity index (χ1) is 5.71. The van der Waals surface area contributed by atoms with Crippen LogP contribution in [-0.2, 0) is 4.79 Å². The van der Waals surface area contributed by atoms with Crippen molar-refractivity contribution in [3.05, 3.63) is 11.5 Å². The van der Waals surface area contributed by atoms with Crippen LogP contribution in [0.15, 0.2) is 11.5 Å². The predicted molar refractivity (Wildman–Crippen MR) is 38.8 cm³/mol. The lowest BCUT2D eigenvalue weighted by molar-refractivity contribution is -0.212. The lowest BCUT2D eigenvalue weighted by Gasteiger charge is -2.23. The third kappa shape index (κ3) is 2.31. The van der Waals surface area contributed by atoms with Crippen LogP contribution in [0, 0.1) is 0 Å². The average Bonchev–Trinajstić information content (AvgIpc) is 2.01. The van der Waals surface area contributed by atoms with Gasteiger partial charge in [-0.15, -0.1) is 0 Å². The lowest BCUT2D eigenvalue weighted by atomic mass is 10.1. The Morgan fingerprint density at radius 2 is 1.62 bits per heavy atom. The average molecular weight is 194 g/mol. The zero-order valence-electron chi connectivity index (χ0n) is 6.67. The highest BCUT2D eigenvalue weighted by molar-refractivity contribution is 5.84. The van der Waals surface area contributed by atoms with Gasteiger partial charge in [-0.1, -0.05) is 0 Å². The Morgan fingerprint density at radius 3 is 1.85 bits per heavy atom. The van der Waals surface area contributed by atoms with Gasteiger partial charge in [-0.3, -0.25) is 0 Å². The molecule has 0 aliphatic rings. The van der Waals surface area contributed by atoms with Crippen molar-refractivity contribution in [1.29, 1.82) is 0 Å². The molecule has 0 amide bonds. The number of hydrogen-bond acceptors (Lipinski definition) is 6. The maximum Gasteiger partial charge on any atom is 0.374 e. The molecule has 0 aromatic rings. The van der Waals surface area contributed by atoms with Crippen molar-refractivity contribution in [2.75, 3.05) is 0 Å². The first-order valence-electron chi connectivity index (χ1n) is 3.20.